The van der Waals surface area contributed by atoms with E-state index >= 15 is 0 Å². The van der Waals surface area contributed by atoms with Crippen molar-refractivity contribution in [2.24, 2.45) is 5.92 Å². The van der Waals surface area contributed by atoms with Crippen LogP contribution in [0.5, 0.6) is 11.5 Å². The largest absolute Gasteiger partial charge is 0.486 e. The van der Waals surface area contributed by atoms with E-state index in [-0.39, 0.29) is 5.92 Å². The van der Waals surface area contributed by atoms with Crippen molar-refractivity contribution >= 4 is 10.0 Å². The van der Waals surface area contributed by atoms with Crippen molar-refractivity contribution in [3.63, 3.8) is 0 Å². The molecule has 0 fully saturated rings. The number of fused-ring (bicyclic) bond motifs is 1. The Morgan fingerprint density at radius 3 is 2.30 bits per heavy atom. The second kappa shape index (κ2) is 7.40. The standard InChI is InChI=1S/C18H18F3NO4S/c1-10(2)18(11-3-5-13-14(9-11)26-8-7-25-13)22-27(23,24)15-6-4-12(19)16(20)17(15)21/h3-6,9-10,18,22H,7-8H2,1-2H3/t18-/m0/s1. The number of ether oxygens (including phenoxy) is 2. The molecule has 2 aromatic rings. The Morgan fingerprint density at radius 2 is 1.63 bits per heavy atom. The number of nitrogens with one attached hydrogen (secondary N) is 1. The van der Waals surface area contributed by atoms with Gasteiger partial charge in [0.25, 0.3) is 0 Å². The van der Waals surface area contributed by atoms with E-state index in [1.165, 1.54) is 0 Å². The lowest BCUT2D eigenvalue weighted by atomic mass is 9.97. The van der Waals surface area contributed by atoms with Crippen LogP contribution in [0.3, 0.4) is 0 Å². The first kappa shape index (κ1) is 19.5. The first-order valence-electron chi connectivity index (χ1n) is 8.26. The van der Waals surface area contributed by atoms with Crippen LogP contribution in [0.2, 0.25) is 0 Å². The summed E-state index contributed by atoms with van der Waals surface area (Å²) < 4.78 is 79.0. The van der Waals surface area contributed by atoms with Gasteiger partial charge in [-0.1, -0.05) is 19.9 Å². The summed E-state index contributed by atoms with van der Waals surface area (Å²) >= 11 is 0. The Balaban J connectivity index is 1.96. The van der Waals surface area contributed by atoms with E-state index in [0.717, 1.165) is 0 Å². The molecule has 9 heteroatoms. The number of hydrogen-bond donors (Lipinski definition) is 1. The highest BCUT2D eigenvalue weighted by atomic mass is 32.2. The molecule has 1 heterocycles. The maximum Gasteiger partial charge on any atom is 0.244 e. The molecule has 0 bridgehead atoms. The fourth-order valence-electron chi connectivity index (χ4n) is 2.79. The summed E-state index contributed by atoms with van der Waals surface area (Å²) in [7, 11) is -4.45. The lowest BCUT2D eigenvalue weighted by Gasteiger charge is -2.25. The minimum absolute atomic E-state index is 0.226. The molecule has 0 radical (unpaired) electrons. The summed E-state index contributed by atoms with van der Waals surface area (Å²) in [4.78, 5) is -0.954. The summed E-state index contributed by atoms with van der Waals surface area (Å²) in [5.41, 5.74) is 0.570. The van der Waals surface area contributed by atoms with Gasteiger partial charge >= 0.3 is 0 Å². The highest BCUT2D eigenvalue weighted by Crippen LogP contribution is 2.35. The molecule has 0 aromatic heterocycles. The molecular weight excluding hydrogens is 383 g/mol. The van der Waals surface area contributed by atoms with Gasteiger partial charge in [0.2, 0.25) is 10.0 Å². The van der Waals surface area contributed by atoms with E-state index < -0.39 is 38.4 Å². The fourth-order valence-corrected chi connectivity index (χ4v) is 4.23. The van der Waals surface area contributed by atoms with Gasteiger partial charge in [-0.25, -0.2) is 26.3 Å². The van der Waals surface area contributed by atoms with Crippen molar-refractivity contribution in [1.82, 2.24) is 4.72 Å². The zero-order valence-electron chi connectivity index (χ0n) is 14.6. The summed E-state index contributed by atoms with van der Waals surface area (Å²) in [6, 6.07) is 5.48. The molecule has 0 saturated carbocycles. The molecule has 3 rings (SSSR count). The second-order valence-corrected chi connectivity index (χ2v) is 8.10. The van der Waals surface area contributed by atoms with Crippen molar-refractivity contribution < 1.29 is 31.1 Å². The fraction of sp³-hybridized carbons (Fsp3) is 0.333. The highest BCUT2D eigenvalue weighted by Gasteiger charge is 2.29. The minimum atomic E-state index is -4.45. The predicted octanol–water partition coefficient (Wildman–Crippen LogP) is 3.55. The van der Waals surface area contributed by atoms with Gasteiger partial charge in [-0.15, -0.1) is 0 Å². The number of sulfonamides is 1. The maximum atomic E-state index is 14.0. The maximum absolute atomic E-state index is 14.0. The molecule has 146 valence electrons. The van der Waals surface area contributed by atoms with E-state index in [2.05, 4.69) is 4.72 Å². The van der Waals surface area contributed by atoms with Crippen LogP contribution in [-0.2, 0) is 10.0 Å². The molecule has 1 N–H and O–H groups in total. The third-order valence-corrected chi connectivity index (χ3v) is 5.62. The summed E-state index contributed by atoms with van der Waals surface area (Å²) in [5, 5.41) is 0. The van der Waals surface area contributed by atoms with Crippen molar-refractivity contribution in [3.8, 4) is 11.5 Å². The van der Waals surface area contributed by atoms with Crippen LogP contribution in [0.25, 0.3) is 0 Å². The predicted molar refractivity (Wildman–Crippen MR) is 91.6 cm³/mol. The van der Waals surface area contributed by atoms with Gasteiger partial charge in [0.1, 0.15) is 18.1 Å². The Hall–Kier alpha value is -2.26. The Morgan fingerprint density at radius 1 is 0.963 bits per heavy atom. The molecular formula is C18H18F3NO4S. The molecule has 0 amide bonds. The Kier molecular flexibility index (Phi) is 5.34. The zero-order valence-corrected chi connectivity index (χ0v) is 15.4. The molecule has 5 nitrogen and oxygen atoms in total. The SMILES string of the molecule is CC(C)[C@H](NS(=O)(=O)c1ccc(F)c(F)c1F)c1ccc2c(c1)OCCO2. The topological polar surface area (TPSA) is 64.6 Å². The summed E-state index contributed by atoms with van der Waals surface area (Å²) in [6.45, 7) is 4.33. The van der Waals surface area contributed by atoms with Crippen LogP contribution in [0.4, 0.5) is 13.2 Å². The number of hydrogen-bond acceptors (Lipinski definition) is 4. The van der Waals surface area contributed by atoms with E-state index in [1.54, 1.807) is 32.0 Å². The van der Waals surface area contributed by atoms with Gasteiger partial charge in [0, 0.05) is 6.04 Å². The second-order valence-electron chi connectivity index (χ2n) is 6.42. The normalized spacial score (nSPS) is 15.0. The van der Waals surface area contributed by atoms with Crippen molar-refractivity contribution in [3.05, 3.63) is 53.3 Å². The molecule has 0 aliphatic carbocycles. The molecule has 1 atom stereocenters. The van der Waals surface area contributed by atoms with E-state index in [1.807, 2.05) is 0 Å². The first-order chi connectivity index (χ1) is 12.7. The van der Waals surface area contributed by atoms with Crippen LogP contribution < -0.4 is 14.2 Å². The van der Waals surface area contributed by atoms with Gasteiger partial charge < -0.3 is 9.47 Å². The van der Waals surface area contributed by atoms with E-state index in [4.69, 9.17) is 9.47 Å². The van der Waals surface area contributed by atoms with Crippen molar-refractivity contribution in [1.29, 1.82) is 0 Å². The average molecular weight is 401 g/mol. The van der Waals surface area contributed by atoms with Gasteiger partial charge in [0.05, 0.1) is 0 Å². The number of halogens is 3. The Bertz CT molecular complexity index is 963. The van der Waals surface area contributed by atoms with Gasteiger partial charge in [-0.3, -0.25) is 0 Å². The molecule has 1 aliphatic heterocycles. The molecule has 0 unspecified atom stereocenters. The third-order valence-electron chi connectivity index (χ3n) is 4.16. The monoisotopic (exact) mass is 401 g/mol. The van der Waals surface area contributed by atoms with Crippen LogP contribution in [0, 0.1) is 23.4 Å². The first-order valence-corrected chi connectivity index (χ1v) is 9.74. The van der Waals surface area contributed by atoms with Crippen molar-refractivity contribution in [2.45, 2.75) is 24.8 Å². The van der Waals surface area contributed by atoms with E-state index in [9.17, 15) is 21.6 Å². The van der Waals surface area contributed by atoms with Crippen LogP contribution in [-0.4, -0.2) is 21.6 Å². The highest BCUT2D eigenvalue weighted by molar-refractivity contribution is 7.89. The van der Waals surface area contributed by atoms with Gasteiger partial charge in [-0.2, -0.15) is 0 Å². The minimum Gasteiger partial charge on any atom is -0.486 e. The number of rotatable bonds is 5. The quantitative estimate of drug-likeness (QED) is 0.779. The zero-order chi connectivity index (χ0) is 19.8. The lowest BCUT2D eigenvalue weighted by molar-refractivity contribution is 0.171. The molecule has 27 heavy (non-hydrogen) atoms. The molecule has 1 aliphatic rings. The molecule has 0 saturated heterocycles. The number of benzene rings is 2. The smallest absolute Gasteiger partial charge is 0.244 e. The van der Waals surface area contributed by atoms with E-state index in [0.29, 0.717) is 42.4 Å². The lowest BCUT2D eigenvalue weighted by Crippen LogP contribution is -2.32. The summed E-state index contributed by atoms with van der Waals surface area (Å²) in [6.07, 6.45) is 0. The van der Waals surface area contributed by atoms with Crippen LogP contribution in [0.1, 0.15) is 25.5 Å². The molecule has 2 aromatic carbocycles. The van der Waals surface area contributed by atoms with Gasteiger partial charge in [-0.05, 0) is 35.7 Å². The van der Waals surface area contributed by atoms with Gasteiger partial charge in [0.15, 0.2) is 29.0 Å². The summed E-state index contributed by atoms with van der Waals surface area (Å²) in [5.74, 6) is -4.26. The Labute approximate surface area is 155 Å². The van der Waals surface area contributed by atoms with Crippen molar-refractivity contribution in [2.75, 3.05) is 13.2 Å². The average Bonchev–Trinajstić information content (AvgIpc) is 2.63. The van der Waals surface area contributed by atoms with Crippen LogP contribution >= 0.6 is 0 Å². The van der Waals surface area contributed by atoms with Crippen LogP contribution in [0.15, 0.2) is 35.2 Å². The third kappa shape index (κ3) is 3.89. The molecule has 0 spiro atoms.